The van der Waals surface area contributed by atoms with Gasteiger partial charge in [0.25, 0.3) is 0 Å². The molecule has 0 spiro atoms. The zero-order valence-corrected chi connectivity index (χ0v) is 10.1. The van der Waals surface area contributed by atoms with Crippen LogP contribution in [-0.4, -0.2) is 54.8 Å². The molecule has 4 atom stereocenters. The quantitative estimate of drug-likeness (QED) is 0.531. The van der Waals surface area contributed by atoms with Crippen LogP contribution in [0, 0.1) is 5.95 Å². The molecular weight excluding hydrogens is 273 g/mol. The van der Waals surface area contributed by atoms with Crippen molar-refractivity contribution < 1.29 is 24.4 Å². The van der Waals surface area contributed by atoms with Gasteiger partial charge in [0, 0.05) is 17.6 Å². The number of aliphatic hydroxyl groups excluding tert-OH is 3. The smallest absolute Gasteiger partial charge is 0.351 e. The Labute approximate surface area is 111 Å². The molecule has 108 valence electrons. The zero-order chi connectivity index (χ0) is 14.4. The zero-order valence-electron chi connectivity index (χ0n) is 10.1. The Balaban J connectivity index is 2.06. The summed E-state index contributed by atoms with van der Waals surface area (Å²) in [5.74, 6) is -0.647. The molecule has 1 fully saturated rings. The van der Waals surface area contributed by atoms with E-state index in [0.717, 1.165) is 10.6 Å². The third kappa shape index (κ3) is 1.91. The molecule has 1 unspecified atom stereocenters. The first-order valence-electron chi connectivity index (χ1n) is 5.91. The van der Waals surface area contributed by atoms with E-state index < -0.39 is 42.8 Å². The van der Waals surface area contributed by atoms with Crippen LogP contribution in [0.2, 0.25) is 0 Å². The maximum absolute atomic E-state index is 13.1. The first-order valence-corrected chi connectivity index (χ1v) is 5.91. The highest BCUT2D eigenvalue weighted by Gasteiger charge is 2.43. The topological polar surface area (TPSA) is 121 Å². The van der Waals surface area contributed by atoms with Crippen LogP contribution in [0.25, 0.3) is 11.0 Å². The minimum Gasteiger partial charge on any atom is -0.394 e. The molecule has 1 saturated heterocycles. The Morgan fingerprint density at radius 3 is 2.85 bits per heavy atom. The molecular formula is C11H12FN3O5. The maximum atomic E-state index is 13.1. The van der Waals surface area contributed by atoms with Gasteiger partial charge in [-0.25, -0.2) is 4.79 Å². The number of aliphatic hydroxyl groups is 3. The third-order valence-electron chi connectivity index (χ3n) is 3.29. The molecule has 0 radical (unpaired) electrons. The molecule has 0 saturated carbocycles. The van der Waals surface area contributed by atoms with E-state index in [1.807, 2.05) is 0 Å². The summed E-state index contributed by atoms with van der Waals surface area (Å²) >= 11 is 0. The number of aromatic amines is 1. The largest absolute Gasteiger partial charge is 0.394 e. The molecule has 1 aliphatic rings. The second-order valence-corrected chi connectivity index (χ2v) is 4.58. The van der Waals surface area contributed by atoms with Crippen LogP contribution < -0.4 is 5.69 Å². The highest BCUT2D eigenvalue weighted by atomic mass is 19.1. The summed E-state index contributed by atoms with van der Waals surface area (Å²) in [6.07, 6.45) is -3.64. The molecule has 8 nitrogen and oxygen atoms in total. The van der Waals surface area contributed by atoms with Gasteiger partial charge < -0.3 is 25.0 Å². The van der Waals surface area contributed by atoms with E-state index in [4.69, 9.17) is 9.84 Å². The Morgan fingerprint density at radius 2 is 2.20 bits per heavy atom. The lowest BCUT2D eigenvalue weighted by Gasteiger charge is -2.16. The molecule has 2 aromatic rings. The van der Waals surface area contributed by atoms with E-state index in [2.05, 4.69) is 9.97 Å². The van der Waals surface area contributed by atoms with Crippen LogP contribution in [0.4, 0.5) is 4.39 Å². The Bertz CT molecular complexity index is 699. The standard InChI is InChI=1S/C11H12FN3O5/c12-6-1-4-2-15(11(19)14-9(4)13-6)10-8(18)7(17)5(3-16)20-10/h1-2,5,7-8,10,16-18H,3H2,(H,13,14,19)/t5-,7?,8+,10-/m1/s1. The molecule has 0 aliphatic carbocycles. The molecule has 4 N–H and O–H groups in total. The van der Waals surface area contributed by atoms with Gasteiger partial charge in [-0.2, -0.15) is 9.37 Å². The van der Waals surface area contributed by atoms with Gasteiger partial charge in [-0.3, -0.25) is 4.57 Å². The van der Waals surface area contributed by atoms with E-state index in [0.29, 0.717) is 5.39 Å². The Morgan fingerprint density at radius 1 is 1.45 bits per heavy atom. The summed E-state index contributed by atoms with van der Waals surface area (Å²) in [6, 6.07) is 1.14. The van der Waals surface area contributed by atoms with Crippen molar-refractivity contribution in [2.24, 2.45) is 0 Å². The molecule has 2 aromatic heterocycles. The van der Waals surface area contributed by atoms with Crippen molar-refractivity contribution >= 4 is 11.0 Å². The number of halogens is 1. The fourth-order valence-corrected chi connectivity index (χ4v) is 2.27. The van der Waals surface area contributed by atoms with Gasteiger partial charge in [0.15, 0.2) is 12.2 Å². The molecule has 1 aliphatic heterocycles. The number of aromatic nitrogens is 3. The minimum atomic E-state index is -1.40. The van der Waals surface area contributed by atoms with Crippen molar-refractivity contribution in [3.63, 3.8) is 0 Å². The number of fused-ring (bicyclic) bond motifs is 1. The lowest BCUT2D eigenvalue weighted by atomic mass is 10.1. The number of ether oxygens (including phenoxy) is 1. The van der Waals surface area contributed by atoms with E-state index in [1.165, 1.54) is 6.20 Å². The summed E-state index contributed by atoms with van der Waals surface area (Å²) in [5.41, 5.74) is -0.690. The fourth-order valence-electron chi connectivity index (χ4n) is 2.27. The van der Waals surface area contributed by atoms with Crippen LogP contribution in [0.15, 0.2) is 17.1 Å². The van der Waals surface area contributed by atoms with Crippen molar-refractivity contribution in [3.8, 4) is 0 Å². The second kappa shape index (κ2) is 4.63. The first kappa shape index (κ1) is 13.2. The molecule has 9 heteroatoms. The van der Waals surface area contributed by atoms with E-state index >= 15 is 0 Å². The van der Waals surface area contributed by atoms with Gasteiger partial charge in [-0.05, 0) is 0 Å². The van der Waals surface area contributed by atoms with Crippen LogP contribution in [-0.2, 0) is 4.74 Å². The van der Waals surface area contributed by atoms with Crippen molar-refractivity contribution in [2.75, 3.05) is 6.61 Å². The van der Waals surface area contributed by atoms with Gasteiger partial charge in [0.1, 0.15) is 24.0 Å². The Kier molecular flexibility index (Phi) is 3.05. The van der Waals surface area contributed by atoms with E-state index in [1.54, 1.807) is 0 Å². The normalized spacial score (nSPS) is 30.2. The average Bonchev–Trinajstić information content (AvgIpc) is 2.89. The summed E-state index contributed by atoms with van der Waals surface area (Å²) < 4.78 is 19.2. The van der Waals surface area contributed by atoms with Crippen LogP contribution in [0.3, 0.4) is 0 Å². The third-order valence-corrected chi connectivity index (χ3v) is 3.29. The average molecular weight is 285 g/mol. The first-order chi connectivity index (χ1) is 9.51. The highest BCUT2D eigenvalue weighted by Crippen LogP contribution is 2.28. The fraction of sp³-hybridized carbons (Fsp3) is 0.455. The number of H-pyrrole nitrogens is 1. The van der Waals surface area contributed by atoms with Gasteiger partial charge in [0.05, 0.1) is 6.61 Å². The summed E-state index contributed by atoms with van der Waals surface area (Å²) in [7, 11) is 0. The van der Waals surface area contributed by atoms with Gasteiger partial charge in [-0.15, -0.1) is 0 Å². The predicted octanol–water partition coefficient (Wildman–Crippen LogP) is -1.52. The molecule has 0 aromatic carbocycles. The molecule has 3 heterocycles. The monoisotopic (exact) mass is 285 g/mol. The molecule has 20 heavy (non-hydrogen) atoms. The minimum absolute atomic E-state index is 0.0792. The number of nitrogens with one attached hydrogen (secondary N) is 1. The van der Waals surface area contributed by atoms with Crippen molar-refractivity contribution in [2.45, 2.75) is 24.5 Å². The number of hydrogen-bond donors (Lipinski definition) is 4. The summed E-state index contributed by atoms with van der Waals surface area (Å²) in [6.45, 7) is -0.502. The molecule has 0 bridgehead atoms. The number of nitrogens with zero attached hydrogens (tertiary/aromatic N) is 2. The second-order valence-electron chi connectivity index (χ2n) is 4.58. The maximum Gasteiger partial charge on any atom is 0.351 e. The summed E-state index contributed by atoms with van der Waals surface area (Å²) in [4.78, 5) is 17.8. The van der Waals surface area contributed by atoms with Crippen molar-refractivity contribution in [1.82, 2.24) is 14.5 Å². The van der Waals surface area contributed by atoms with Gasteiger partial charge >= 0.3 is 5.69 Å². The number of hydrogen-bond acceptors (Lipinski definition) is 6. The van der Waals surface area contributed by atoms with E-state index in [-0.39, 0.29) is 5.65 Å². The Hall–Kier alpha value is -1.81. The predicted molar refractivity (Wildman–Crippen MR) is 63.3 cm³/mol. The van der Waals surface area contributed by atoms with E-state index in [9.17, 15) is 19.4 Å². The van der Waals surface area contributed by atoms with Gasteiger partial charge in [-0.1, -0.05) is 0 Å². The molecule has 0 amide bonds. The lowest BCUT2D eigenvalue weighted by molar-refractivity contribution is -0.0547. The highest BCUT2D eigenvalue weighted by molar-refractivity contribution is 5.74. The summed E-state index contributed by atoms with van der Waals surface area (Å²) in [5, 5.41) is 28.8. The van der Waals surface area contributed by atoms with Crippen LogP contribution in [0.5, 0.6) is 0 Å². The van der Waals surface area contributed by atoms with Crippen LogP contribution >= 0.6 is 0 Å². The van der Waals surface area contributed by atoms with Crippen LogP contribution in [0.1, 0.15) is 6.23 Å². The van der Waals surface area contributed by atoms with Gasteiger partial charge in [0.2, 0.25) is 0 Å². The van der Waals surface area contributed by atoms with Crippen molar-refractivity contribution in [1.29, 1.82) is 0 Å². The SMILES string of the molecule is O=c1nc2[nH]c(F)cc2cn1[C@@H]1O[C@H](CO)C(O)[C@@H]1O. The number of rotatable bonds is 2. The lowest BCUT2D eigenvalue weighted by Crippen LogP contribution is -2.35. The van der Waals surface area contributed by atoms with Crippen molar-refractivity contribution in [3.05, 3.63) is 28.7 Å². The molecule has 3 rings (SSSR count).